The second kappa shape index (κ2) is 4.18. The second-order valence-corrected chi connectivity index (χ2v) is 5.39. The Bertz CT molecular complexity index is 645. The number of furan rings is 1. The van der Waals surface area contributed by atoms with Gasteiger partial charge in [0.05, 0.1) is 10.9 Å². The molecule has 1 aliphatic rings. The zero-order valence-corrected chi connectivity index (χ0v) is 10.9. The van der Waals surface area contributed by atoms with Crippen LogP contribution in [0.4, 0.5) is 0 Å². The van der Waals surface area contributed by atoms with Crippen LogP contribution in [-0.2, 0) is 17.6 Å². The lowest BCUT2D eigenvalue weighted by Gasteiger charge is -2.17. The minimum atomic E-state index is -0.773. The Labute approximate surface area is 113 Å². The molecule has 3 nitrogen and oxygen atoms in total. The highest BCUT2D eigenvalue weighted by Crippen LogP contribution is 2.39. The molecule has 94 valence electrons. The fourth-order valence-electron chi connectivity index (χ4n) is 2.54. The Morgan fingerprint density at radius 3 is 2.89 bits per heavy atom. The maximum Gasteiger partial charge on any atom is 0.306 e. The van der Waals surface area contributed by atoms with E-state index in [1.807, 2.05) is 0 Å². The summed E-state index contributed by atoms with van der Waals surface area (Å²) in [6, 6.07) is 3.40. The number of benzene rings is 1. The molecule has 5 heteroatoms. The van der Waals surface area contributed by atoms with Crippen LogP contribution >= 0.6 is 23.2 Å². The molecule has 1 atom stereocenters. The van der Waals surface area contributed by atoms with Gasteiger partial charge in [-0.3, -0.25) is 4.79 Å². The standard InChI is InChI=1S/C13H10Cl2O3/c14-7-4-9(15)12-8-2-1-6(13(16)17)3-10(8)18-11(12)5-7/h4-6H,1-3H2,(H,16,17). The third-order valence-corrected chi connectivity index (χ3v) is 3.93. The van der Waals surface area contributed by atoms with Crippen molar-refractivity contribution in [3.63, 3.8) is 0 Å². The number of hydrogen-bond donors (Lipinski definition) is 1. The number of rotatable bonds is 1. The van der Waals surface area contributed by atoms with E-state index in [1.165, 1.54) is 0 Å². The SMILES string of the molecule is O=C(O)C1CCc2c(oc3cc(Cl)cc(Cl)c23)C1. The van der Waals surface area contributed by atoms with Crippen LogP contribution in [0.25, 0.3) is 11.0 Å². The van der Waals surface area contributed by atoms with Gasteiger partial charge >= 0.3 is 5.97 Å². The lowest BCUT2D eigenvalue weighted by atomic mass is 9.87. The van der Waals surface area contributed by atoms with Gasteiger partial charge in [0, 0.05) is 28.5 Å². The molecule has 0 bridgehead atoms. The summed E-state index contributed by atoms with van der Waals surface area (Å²) < 4.78 is 5.70. The van der Waals surface area contributed by atoms with Crippen molar-refractivity contribution in [3.8, 4) is 0 Å². The molecule has 0 spiro atoms. The van der Waals surface area contributed by atoms with Gasteiger partial charge in [0.25, 0.3) is 0 Å². The Morgan fingerprint density at radius 1 is 1.39 bits per heavy atom. The molecule has 0 radical (unpaired) electrons. The molecule has 1 aliphatic carbocycles. The van der Waals surface area contributed by atoms with Crippen molar-refractivity contribution in [1.82, 2.24) is 0 Å². The van der Waals surface area contributed by atoms with Crippen LogP contribution in [0.1, 0.15) is 17.7 Å². The lowest BCUT2D eigenvalue weighted by Crippen LogP contribution is -2.21. The third-order valence-electron chi connectivity index (χ3n) is 3.41. The molecule has 0 amide bonds. The van der Waals surface area contributed by atoms with E-state index in [2.05, 4.69) is 0 Å². The van der Waals surface area contributed by atoms with Crippen LogP contribution in [0.15, 0.2) is 16.5 Å². The van der Waals surface area contributed by atoms with Crippen LogP contribution in [0.5, 0.6) is 0 Å². The first-order chi connectivity index (χ1) is 8.56. The zero-order chi connectivity index (χ0) is 12.9. The van der Waals surface area contributed by atoms with Gasteiger partial charge in [-0.1, -0.05) is 23.2 Å². The van der Waals surface area contributed by atoms with Crippen molar-refractivity contribution in [2.45, 2.75) is 19.3 Å². The number of carboxylic acids is 1. The van der Waals surface area contributed by atoms with Gasteiger partial charge in [-0.05, 0) is 18.9 Å². The van der Waals surface area contributed by atoms with E-state index in [0.29, 0.717) is 34.9 Å². The van der Waals surface area contributed by atoms with Crippen LogP contribution in [0.3, 0.4) is 0 Å². The largest absolute Gasteiger partial charge is 0.481 e. The Morgan fingerprint density at radius 2 is 2.17 bits per heavy atom. The monoisotopic (exact) mass is 284 g/mol. The summed E-state index contributed by atoms with van der Waals surface area (Å²) in [6.07, 6.45) is 1.73. The fourth-order valence-corrected chi connectivity index (χ4v) is 3.13. The van der Waals surface area contributed by atoms with Gasteiger partial charge < -0.3 is 9.52 Å². The molecule has 1 heterocycles. The summed E-state index contributed by atoms with van der Waals surface area (Å²) in [6.45, 7) is 0. The van der Waals surface area contributed by atoms with Crippen LogP contribution in [0, 0.1) is 5.92 Å². The molecule has 18 heavy (non-hydrogen) atoms. The smallest absolute Gasteiger partial charge is 0.306 e. The molecule has 0 saturated heterocycles. The zero-order valence-electron chi connectivity index (χ0n) is 9.37. The molecule has 1 N–H and O–H groups in total. The third kappa shape index (κ3) is 1.78. The fraction of sp³-hybridized carbons (Fsp3) is 0.308. The van der Waals surface area contributed by atoms with Gasteiger partial charge in [-0.2, -0.15) is 0 Å². The number of carboxylic acid groups (broad SMARTS) is 1. The number of aliphatic carboxylic acids is 1. The van der Waals surface area contributed by atoms with E-state index >= 15 is 0 Å². The molecule has 2 aromatic rings. The summed E-state index contributed by atoms with van der Waals surface area (Å²) in [5, 5.41) is 11.0. The summed E-state index contributed by atoms with van der Waals surface area (Å²) in [5.41, 5.74) is 1.67. The first kappa shape index (κ1) is 11.9. The molecule has 1 aromatic carbocycles. The quantitative estimate of drug-likeness (QED) is 0.863. The molecule has 1 unspecified atom stereocenters. The summed E-state index contributed by atoms with van der Waals surface area (Å²) in [4.78, 5) is 11.0. The molecule has 0 saturated carbocycles. The highest BCUT2D eigenvalue weighted by Gasteiger charge is 2.29. The average Bonchev–Trinajstić information content (AvgIpc) is 2.65. The molecule has 3 rings (SSSR count). The van der Waals surface area contributed by atoms with E-state index in [9.17, 15) is 4.79 Å². The normalized spacial score (nSPS) is 18.9. The molecule has 0 aliphatic heterocycles. The summed E-state index contributed by atoms with van der Waals surface area (Å²) in [5.74, 6) is -0.412. The molecule has 0 fully saturated rings. The van der Waals surface area contributed by atoms with E-state index in [0.717, 1.165) is 16.7 Å². The van der Waals surface area contributed by atoms with Crippen molar-refractivity contribution in [2.75, 3.05) is 0 Å². The number of carbonyl (C=O) groups is 1. The molecular formula is C13H10Cl2O3. The van der Waals surface area contributed by atoms with Gasteiger partial charge in [0.15, 0.2) is 0 Å². The highest BCUT2D eigenvalue weighted by atomic mass is 35.5. The highest BCUT2D eigenvalue weighted by molar-refractivity contribution is 6.38. The number of halogens is 2. The minimum Gasteiger partial charge on any atom is -0.481 e. The summed E-state index contributed by atoms with van der Waals surface area (Å²) in [7, 11) is 0. The van der Waals surface area contributed by atoms with Gasteiger partial charge in [0.2, 0.25) is 0 Å². The number of hydrogen-bond acceptors (Lipinski definition) is 2. The Balaban J connectivity index is 2.16. The first-order valence-electron chi connectivity index (χ1n) is 5.68. The van der Waals surface area contributed by atoms with Crippen molar-refractivity contribution in [1.29, 1.82) is 0 Å². The molecule has 1 aromatic heterocycles. The maximum absolute atomic E-state index is 11.0. The Hall–Kier alpha value is -1.19. The van der Waals surface area contributed by atoms with E-state index in [1.54, 1.807) is 12.1 Å². The van der Waals surface area contributed by atoms with Crippen molar-refractivity contribution in [2.24, 2.45) is 5.92 Å². The van der Waals surface area contributed by atoms with Crippen LogP contribution in [0.2, 0.25) is 10.0 Å². The average molecular weight is 285 g/mol. The van der Waals surface area contributed by atoms with Crippen LogP contribution < -0.4 is 0 Å². The lowest BCUT2D eigenvalue weighted by molar-refractivity contribution is -0.142. The van der Waals surface area contributed by atoms with Crippen molar-refractivity contribution >= 4 is 40.1 Å². The van der Waals surface area contributed by atoms with E-state index in [-0.39, 0.29) is 5.92 Å². The maximum atomic E-state index is 11.0. The van der Waals surface area contributed by atoms with Gasteiger partial charge in [0.1, 0.15) is 11.3 Å². The van der Waals surface area contributed by atoms with Gasteiger partial charge in [-0.15, -0.1) is 0 Å². The first-order valence-corrected chi connectivity index (χ1v) is 6.44. The van der Waals surface area contributed by atoms with Crippen molar-refractivity contribution < 1.29 is 14.3 Å². The minimum absolute atomic E-state index is 0.368. The van der Waals surface area contributed by atoms with Crippen molar-refractivity contribution in [3.05, 3.63) is 33.5 Å². The predicted octanol–water partition coefficient (Wildman–Crippen LogP) is 3.93. The van der Waals surface area contributed by atoms with E-state index < -0.39 is 5.97 Å². The second-order valence-electron chi connectivity index (χ2n) is 4.54. The van der Waals surface area contributed by atoms with E-state index in [4.69, 9.17) is 32.7 Å². The Kier molecular flexibility index (Phi) is 2.76. The van der Waals surface area contributed by atoms with Crippen LogP contribution in [-0.4, -0.2) is 11.1 Å². The van der Waals surface area contributed by atoms with Gasteiger partial charge in [-0.25, -0.2) is 0 Å². The summed E-state index contributed by atoms with van der Waals surface area (Å²) >= 11 is 12.1. The molecular weight excluding hydrogens is 275 g/mol. The number of aryl methyl sites for hydroxylation is 1. The topological polar surface area (TPSA) is 50.4 Å². The predicted molar refractivity (Wildman–Crippen MR) is 69.4 cm³/mol. The number of fused-ring (bicyclic) bond motifs is 3.